The quantitative estimate of drug-likeness (QED) is 0.0463. The van der Waals surface area contributed by atoms with Crippen molar-refractivity contribution in [1.82, 2.24) is 0 Å². The van der Waals surface area contributed by atoms with Gasteiger partial charge in [-0.3, -0.25) is 14.4 Å². The predicted octanol–water partition coefficient (Wildman–Crippen LogP) is 8.35. The molecule has 0 saturated heterocycles. The van der Waals surface area contributed by atoms with Crippen molar-refractivity contribution in [2.24, 2.45) is 0 Å². The van der Waals surface area contributed by atoms with Crippen molar-refractivity contribution in [3.05, 3.63) is 34.9 Å². The maximum absolute atomic E-state index is 12.2. The van der Waals surface area contributed by atoms with Gasteiger partial charge in [0.15, 0.2) is 0 Å². The van der Waals surface area contributed by atoms with E-state index in [0.29, 0.717) is 18.4 Å². The minimum absolute atomic E-state index is 0.0223. The zero-order valence-corrected chi connectivity index (χ0v) is 26.1. The lowest BCUT2D eigenvalue weighted by Crippen LogP contribution is -2.23. The molecular formula is C34H54O6. The third-order valence-corrected chi connectivity index (χ3v) is 6.26. The average Bonchev–Trinajstić information content (AvgIpc) is 2.88. The molecule has 0 aliphatic carbocycles. The van der Waals surface area contributed by atoms with Crippen molar-refractivity contribution in [1.29, 1.82) is 0 Å². The second-order valence-corrected chi connectivity index (χ2v) is 10.6. The summed E-state index contributed by atoms with van der Waals surface area (Å²) in [5.74, 6) is 4.86. The number of unbranched alkanes of at least 4 members (excludes halogenated alkanes) is 11. The Morgan fingerprint density at radius 1 is 0.725 bits per heavy atom. The topological polar surface area (TPSA) is 78.9 Å². The lowest BCUT2D eigenvalue weighted by molar-refractivity contribution is -0.146. The third kappa shape index (κ3) is 24.2. The van der Waals surface area contributed by atoms with Crippen LogP contribution in [0.3, 0.4) is 0 Å². The van der Waals surface area contributed by atoms with Crippen LogP contribution in [0.25, 0.3) is 0 Å². The predicted molar refractivity (Wildman–Crippen MR) is 163 cm³/mol. The first-order valence-electron chi connectivity index (χ1n) is 15.1. The van der Waals surface area contributed by atoms with E-state index in [2.05, 4.69) is 18.8 Å². The van der Waals surface area contributed by atoms with E-state index in [-0.39, 0.29) is 19.2 Å². The van der Waals surface area contributed by atoms with Gasteiger partial charge in [0.2, 0.25) is 0 Å². The zero-order chi connectivity index (χ0) is 30.0. The Kier molecular flexibility index (Phi) is 23.4. The summed E-state index contributed by atoms with van der Waals surface area (Å²) in [6.45, 7) is 10.7. The molecule has 0 aliphatic heterocycles. The van der Waals surface area contributed by atoms with E-state index in [1.807, 2.05) is 32.9 Å². The molecule has 0 N–H and O–H groups in total. The van der Waals surface area contributed by atoms with Gasteiger partial charge in [0.25, 0.3) is 0 Å². The van der Waals surface area contributed by atoms with E-state index in [0.717, 1.165) is 30.4 Å². The molecule has 0 aliphatic rings. The van der Waals surface area contributed by atoms with Gasteiger partial charge in [0, 0.05) is 32.3 Å². The summed E-state index contributed by atoms with van der Waals surface area (Å²) in [4.78, 5) is 35.4. The third-order valence-electron chi connectivity index (χ3n) is 6.26. The van der Waals surface area contributed by atoms with Crippen LogP contribution in [-0.4, -0.2) is 37.2 Å². The van der Waals surface area contributed by atoms with Crippen LogP contribution in [0.2, 0.25) is 0 Å². The highest BCUT2D eigenvalue weighted by molar-refractivity contribution is 5.69. The molecular weight excluding hydrogens is 504 g/mol. The van der Waals surface area contributed by atoms with E-state index < -0.39 is 18.0 Å². The Hall–Kier alpha value is -2.81. The Labute approximate surface area is 244 Å². The van der Waals surface area contributed by atoms with E-state index in [1.54, 1.807) is 6.08 Å². The molecule has 0 spiro atoms. The molecule has 0 fully saturated rings. The highest BCUT2D eigenvalue weighted by atomic mass is 16.6. The van der Waals surface area contributed by atoms with Gasteiger partial charge >= 0.3 is 17.9 Å². The van der Waals surface area contributed by atoms with Crippen molar-refractivity contribution in [2.75, 3.05) is 13.2 Å². The number of carbonyl (C=O) groups excluding carboxylic acids is 3. The van der Waals surface area contributed by atoms with Gasteiger partial charge in [-0.2, -0.15) is 0 Å². The highest BCUT2D eigenvalue weighted by Crippen LogP contribution is 2.16. The minimum atomic E-state index is -0.660. The smallest absolute Gasteiger partial charge is 0.306 e. The van der Waals surface area contributed by atoms with Gasteiger partial charge in [-0.05, 0) is 44.9 Å². The van der Waals surface area contributed by atoms with Gasteiger partial charge in [-0.1, -0.05) is 101 Å². The molecule has 0 aromatic heterocycles. The molecule has 0 bridgehead atoms. The second kappa shape index (κ2) is 25.2. The molecule has 6 heteroatoms. The van der Waals surface area contributed by atoms with Crippen LogP contribution in [0.5, 0.6) is 0 Å². The molecule has 6 nitrogen and oxygen atoms in total. The van der Waals surface area contributed by atoms with Gasteiger partial charge in [-0.25, -0.2) is 0 Å². The first-order valence-corrected chi connectivity index (χ1v) is 15.1. The number of hydrogen-bond acceptors (Lipinski definition) is 6. The molecule has 0 aromatic carbocycles. The summed E-state index contributed by atoms with van der Waals surface area (Å²) in [6.07, 6.45) is 20.3. The second-order valence-electron chi connectivity index (χ2n) is 10.6. The fraction of sp³-hybridized carbons (Fsp3) is 0.676. The first-order chi connectivity index (χ1) is 19.1. The number of ether oxygens (including phenoxy) is 3. The maximum atomic E-state index is 12.2. The molecule has 1 atom stereocenters. The van der Waals surface area contributed by atoms with E-state index in [4.69, 9.17) is 14.2 Å². The summed E-state index contributed by atoms with van der Waals surface area (Å²) >= 11 is 0. The van der Waals surface area contributed by atoms with Crippen LogP contribution in [0, 0.1) is 11.8 Å². The summed E-state index contributed by atoms with van der Waals surface area (Å²) in [6, 6.07) is 0. The van der Waals surface area contributed by atoms with Crippen molar-refractivity contribution in [3.8, 4) is 11.8 Å². The van der Waals surface area contributed by atoms with Crippen LogP contribution in [0.15, 0.2) is 34.9 Å². The normalized spacial score (nSPS) is 12.2. The lowest BCUT2D eigenvalue weighted by atomic mass is 10.0. The van der Waals surface area contributed by atoms with Gasteiger partial charge in [0.1, 0.15) is 19.3 Å². The molecule has 226 valence electrons. The molecule has 0 amide bonds. The zero-order valence-electron chi connectivity index (χ0n) is 26.1. The summed E-state index contributed by atoms with van der Waals surface area (Å²) in [5.41, 5.74) is 2.50. The summed E-state index contributed by atoms with van der Waals surface area (Å²) in [7, 11) is 0. The van der Waals surface area contributed by atoms with E-state index in [1.165, 1.54) is 71.6 Å². The maximum Gasteiger partial charge on any atom is 0.306 e. The summed E-state index contributed by atoms with van der Waals surface area (Å²) < 4.78 is 16.1. The fourth-order valence-corrected chi connectivity index (χ4v) is 4.00. The van der Waals surface area contributed by atoms with Crippen LogP contribution in [0.4, 0.5) is 0 Å². The Balaban J connectivity index is 4.68. The number of carbonyl (C=O) groups is 3. The largest absolute Gasteiger partial charge is 0.461 e. The van der Waals surface area contributed by atoms with Crippen LogP contribution in [0.1, 0.15) is 131 Å². The number of allylic oxidation sites excluding steroid dienone is 3. The number of hydrogen-bond donors (Lipinski definition) is 0. The van der Waals surface area contributed by atoms with Crippen LogP contribution in [-0.2, 0) is 28.6 Å². The van der Waals surface area contributed by atoms with Crippen molar-refractivity contribution in [3.63, 3.8) is 0 Å². The Bertz CT molecular complexity index is 880. The minimum Gasteiger partial charge on any atom is -0.461 e. The number of rotatable bonds is 21. The van der Waals surface area contributed by atoms with Crippen LogP contribution >= 0.6 is 0 Å². The van der Waals surface area contributed by atoms with Crippen molar-refractivity contribution in [2.45, 2.75) is 138 Å². The van der Waals surface area contributed by atoms with Gasteiger partial charge in [-0.15, -0.1) is 0 Å². The van der Waals surface area contributed by atoms with Crippen LogP contribution < -0.4 is 0 Å². The highest BCUT2D eigenvalue weighted by Gasteiger charge is 2.18. The number of esters is 3. The fourth-order valence-electron chi connectivity index (χ4n) is 4.00. The van der Waals surface area contributed by atoms with E-state index in [9.17, 15) is 14.4 Å². The Morgan fingerprint density at radius 3 is 1.82 bits per heavy atom. The summed E-state index contributed by atoms with van der Waals surface area (Å²) in [5, 5.41) is 0. The molecule has 0 heterocycles. The van der Waals surface area contributed by atoms with E-state index >= 15 is 0 Å². The molecule has 40 heavy (non-hydrogen) atoms. The first kappa shape index (κ1) is 37.2. The van der Waals surface area contributed by atoms with Crippen molar-refractivity contribution >= 4 is 17.9 Å². The Morgan fingerprint density at radius 2 is 1.30 bits per heavy atom. The van der Waals surface area contributed by atoms with Crippen molar-refractivity contribution < 1.29 is 28.6 Å². The molecule has 0 aromatic rings. The molecule has 0 saturated carbocycles. The van der Waals surface area contributed by atoms with Gasteiger partial charge in [0.05, 0.1) is 0 Å². The molecule has 0 radical (unpaired) electrons. The average molecular weight is 559 g/mol. The monoisotopic (exact) mass is 558 g/mol. The molecule has 1 unspecified atom stereocenters. The SMILES string of the molecule is CCCCCCCCCCCCCCC(=O)OCC=C(COC(C)=O)C(CC=C(C)C#CC=C(C)C)OC(C)=O. The van der Waals surface area contributed by atoms with Gasteiger partial charge < -0.3 is 14.2 Å². The lowest BCUT2D eigenvalue weighted by Gasteiger charge is -2.19. The molecule has 0 rings (SSSR count). The standard InChI is InChI=1S/C34H54O6/c1-7-8-9-10-11-12-13-14-15-16-17-18-22-34(37)38-26-25-32(27-39-30(5)35)33(40-31(6)36)24-23-29(4)21-19-20-28(2)3/h20,23,25,33H,7-18,22,24,26-27H2,1-6H3.